The minimum Gasteiger partial charge on any atom is -0.390 e. The molecule has 0 aromatic rings. The van der Waals surface area contributed by atoms with Crippen molar-refractivity contribution in [1.29, 1.82) is 0 Å². The number of amides is 4. The van der Waals surface area contributed by atoms with Gasteiger partial charge in [0.2, 0.25) is 23.6 Å². The Morgan fingerprint density at radius 3 is 1.89 bits per heavy atom. The Morgan fingerprint density at radius 2 is 1.36 bits per heavy atom. The van der Waals surface area contributed by atoms with Crippen molar-refractivity contribution in [2.75, 3.05) is 40.3 Å². The van der Waals surface area contributed by atoms with Gasteiger partial charge in [-0.1, -0.05) is 66.7 Å². The van der Waals surface area contributed by atoms with E-state index in [1.807, 2.05) is 25.7 Å². The van der Waals surface area contributed by atoms with Gasteiger partial charge < -0.3 is 20.2 Å². The van der Waals surface area contributed by atoms with E-state index in [1.165, 1.54) is 6.42 Å². The number of rotatable bonds is 18. The minimum atomic E-state index is -0.883. The Kier molecular flexibility index (Phi) is 17.4. The topological polar surface area (TPSA) is 122 Å². The maximum Gasteiger partial charge on any atom is 0.234 e. The van der Waals surface area contributed by atoms with Gasteiger partial charge in [-0.05, 0) is 56.8 Å². The molecule has 0 bridgehead atoms. The molecule has 3 N–H and O–H groups in total. The van der Waals surface area contributed by atoms with Crippen molar-refractivity contribution >= 4 is 23.6 Å². The lowest BCUT2D eigenvalue weighted by atomic mass is 9.73. The Bertz CT molecular complexity index is 916. The number of aliphatic hydroxyl groups is 1. The number of nitrogens with one attached hydrogen (secondary N) is 2. The fraction of sp³-hybridized carbons (Fsp3) is 0.886. The molecule has 10 nitrogen and oxygen atoms in total. The van der Waals surface area contributed by atoms with Crippen molar-refractivity contribution in [2.45, 2.75) is 130 Å². The van der Waals surface area contributed by atoms with E-state index in [0.717, 1.165) is 44.9 Å². The largest absolute Gasteiger partial charge is 0.390 e. The van der Waals surface area contributed by atoms with Crippen molar-refractivity contribution in [1.82, 2.24) is 25.6 Å². The van der Waals surface area contributed by atoms with Gasteiger partial charge in [0.15, 0.2) is 0 Å². The molecule has 0 radical (unpaired) electrons. The van der Waals surface area contributed by atoms with E-state index in [1.54, 1.807) is 24.0 Å². The summed E-state index contributed by atoms with van der Waals surface area (Å²) < 4.78 is 0. The van der Waals surface area contributed by atoms with E-state index in [9.17, 15) is 24.3 Å². The fourth-order valence-electron chi connectivity index (χ4n) is 7.24. The third-order valence-corrected chi connectivity index (χ3v) is 9.40. The van der Waals surface area contributed by atoms with Crippen molar-refractivity contribution in [3.63, 3.8) is 0 Å². The summed E-state index contributed by atoms with van der Waals surface area (Å²) >= 11 is 0. The molecule has 2 aliphatic rings. The second-order valence-corrected chi connectivity index (χ2v) is 14.4. The van der Waals surface area contributed by atoms with Crippen LogP contribution in [0.4, 0.5) is 0 Å². The van der Waals surface area contributed by atoms with Crippen LogP contribution in [-0.4, -0.2) is 96.0 Å². The smallest absolute Gasteiger partial charge is 0.234 e. The first-order chi connectivity index (χ1) is 21.4. The van der Waals surface area contributed by atoms with Crippen LogP contribution in [-0.2, 0) is 19.2 Å². The molecular weight excluding hydrogens is 570 g/mol. The lowest BCUT2D eigenvalue weighted by Crippen LogP contribution is -2.54. The summed E-state index contributed by atoms with van der Waals surface area (Å²) in [5.74, 6) is -0.920. The van der Waals surface area contributed by atoms with E-state index in [2.05, 4.69) is 24.6 Å². The monoisotopic (exact) mass is 635 g/mol. The van der Waals surface area contributed by atoms with Gasteiger partial charge >= 0.3 is 0 Å². The second-order valence-electron chi connectivity index (χ2n) is 14.4. The molecule has 2 aliphatic carbocycles. The molecule has 0 saturated heterocycles. The van der Waals surface area contributed by atoms with Crippen molar-refractivity contribution in [3.8, 4) is 0 Å². The first-order valence-electron chi connectivity index (χ1n) is 17.9. The zero-order valence-electron chi connectivity index (χ0n) is 29.5. The van der Waals surface area contributed by atoms with Crippen LogP contribution in [0.25, 0.3) is 0 Å². The van der Waals surface area contributed by atoms with Crippen LogP contribution in [0.1, 0.15) is 118 Å². The summed E-state index contributed by atoms with van der Waals surface area (Å²) in [5.41, 5.74) is 2.97. The van der Waals surface area contributed by atoms with Crippen LogP contribution in [0.2, 0.25) is 0 Å². The molecule has 10 heteroatoms. The van der Waals surface area contributed by atoms with Gasteiger partial charge in [-0.25, -0.2) is 5.01 Å². The predicted octanol–water partition coefficient (Wildman–Crippen LogP) is 4.36. The molecule has 5 atom stereocenters. The van der Waals surface area contributed by atoms with Gasteiger partial charge in [0.25, 0.3) is 0 Å². The molecule has 2 rings (SSSR count). The SMILES string of the molecule is CCCN(CC(O)C(CC1CCCCC1)NC(=O)C1CC(C(=O)N(C)C)CC(C(=O)N(CCC)CCC)C1)NC(=O)CC(C)C. The van der Waals surface area contributed by atoms with E-state index in [-0.39, 0.29) is 42.0 Å². The van der Waals surface area contributed by atoms with Crippen LogP contribution in [0.15, 0.2) is 0 Å². The van der Waals surface area contributed by atoms with Crippen LogP contribution in [0, 0.1) is 29.6 Å². The molecule has 0 aliphatic heterocycles. The van der Waals surface area contributed by atoms with Crippen molar-refractivity contribution in [3.05, 3.63) is 0 Å². The van der Waals surface area contributed by atoms with Crippen LogP contribution >= 0.6 is 0 Å². The summed E-state index contributed by atoms with van der Waals surface area (Å²) in [6.07, 6.45) is 9.65. The molecule has 0 aromatic heterocycles. The molecule has 260 valence electrons. The minimum absolute atomic E-state index is 0.0406. The van der Waals surface area contributed by atoms with Gasteiger partial charge in [0.05, 0.1) is 12.1 Å². The Labute approximate surface area is 273 Å². The van der Waals surface area contributed by atoms with Crippen LogP contribution < -0.4 is 10.7 Å². The van der Waals surface area contributed by atoms with E-state index in [4.69, 9.17) is 0 Å². The summed E-state index contributed by atoms with van der Waals surface area (Å²) in [5, 5.41) is 16.6. The maximum atomic E-state index is 14.0. The normalized spacial score (nSPS) is 22.1. The highest BCUT2D eigenvalue weighted by molar-refractivity contribution is 5.86. The molecule has 0 spiro atoms. The summed E-state index contributed by atoms with van der Waals surface area (Å²) in [6.45, 7) is 12.3. The fourth-order valence-corrected chi connectivity index (χ4v) is 7.24. The van der Waals surface area contributed by atoms with Gasteiger partial charge in [0, 0.05) is 64.4 Å². The Balaban J connectivity index is 2.27. The molecule has 0 heterocycles. The molecule has 2 fully saturated rings. The molecule has 45 heavy (non-hydrogen) atoms. The number of nitrogens with zero attached hydrogens (tertiary/aromatic N) is 3. The first kappa shape index (κ1) is 39.0. The average Bonchev–Trinajstić information content (AvgIpc) is 2.99. The number of carbonyl (C=O) groups is 4. The Hall–Kier alpha value is -2.20. The summed E-state index contributed by atoms with van der Waals surface area (Å²) in [7, 11) is 3.45. The third kappa shape index (κ3) is 13.2. The quantitative estimate of drug-likeness (QED) is 0.193. The van der Waals surface area contributed by atoms with Gasteiger partial charge in [-0.3, -0.25) is 24.6 Å². The third-order valence-electron chi connectivity index (χ3n) is 9.40. The first-order valence-corrected chi connectivity index (χ1v) is 17.9. The Morgan fingerprint density at radius 1 is 0.800 bits per heavy atom. The number of carbonyl (C=O) groups excluding carboxylic acids is 4. The highest BCUT2D eigenvalue weighted by Gasteiger charge is 2.41. The van der Waals surface area contributed by atoms with E-state index >= 15 is 0 Å². The molecule has 4 amide bonds. The molecule has 2 saturated carbocycles. The van der Waals surface area contributed by atoms with E-state index < -0.39 is 24.0 Å². The zero-order valence-corrected chi connectivity index (χ0v) is 29.5. The predicted molar refractivity (Wildman–Crippen MR) is 179 cm³/mol. The highest BCUT2D eigenvalue weighted by atomic mass is 16.3. The second kappa shape index (κ2) is 20.1. The number of aliphatic hydroxyl groups excluding tert-OH is 1. The summed E-state index contributed by atoms with van der Waals surface area (Å²) in [4.78, 5) is 57.0. The lowest BCUT2D eigenvalue weighted by molar-refractivity contribution is -0.143. The lowest BCUT2D eigenvalue weighted by Gasteiger charge is -2.38. The zero-order chi connectivity index (χ0) is 33.5. The summed E-state index contributed by atoms with van der Waals surface area (Å²) in [6, 6.07) is -0.488. The molecule has 5 unspecified atom stereocenters. The number of hydrogen-bond acceptors (Lipinski definition) is 6. The van der Waals surface area contributed by atoms with Gasteiger partial charge in [0.1, 0.15) is 0 Å². The molecule has 0 aromatic carbocycles. The van der Waals surface area contributed by atoms with Gasteiger partial charge in [-0.2, -0.15) is 0 Å². The van der Waals surface area contributed by atoms with Crippen molar-refractivity contribution < 1.29 is 24.3 Å². The number of hydrazine groups is 1. The van der Waals surface area contributed by atoms with E-state index in [0.29, 0.717) is 57.7 Å². The van der Waals surface area contributed by atoms with Gasteiger partial charge in [-0.15, -0.1) is 0 Å². The standard InChI is InChI=1S/C35H65N5O5/c1-8-16-39(17-9-2)35(45)29-22-27(21-28(23-29)34(44)38(6)7)33(43)36-30(20-26-14-12-11-13-15-26)31(41)24-40(18-10-3)37-32(42)19-25(4)5/h25-31,41H,8-24H2,1-7H3,(H,36,43)(H,37,42). The van der Waals surface area contributed by atoms with Crippen molar-refractivity contribution in [2.24, 2.45) is 29.6 Å². The highest BCUT2D eigenvalue weighted by Crippen LogP contribution is 2.36. The number of hydrogen-bond donors (Lipinski definition) is 3. The molecular formula is C35H65N5O5. The average molecular weight is 636 g/mol. The maximum absolute atomic E-state index is 14.0. The van der Waals surface area contributed by atoms with Crippen LogP contribution in [0.3, 0.4) is 0 Å². The van der Waals surface area contributed by atoms with Crippen LogP contribution in [0.5, 0.6) is 0 Å².